The number of halogens is 3. The van der Waals surface area contributed by atoms with Crippen molar-refractivity contribution in [3.8, 4) is 0 Å². The largest absolute Gasteiger partial charge is 0.417 e. The maximum Gasteiger partial charge on any atom is 0.417 e. The Hall–Kier alpha value is -1.07. The Morgan fingerprint density at radius 3 is 2.39 bits per heavy atom. The lowest BCUT2D eigenvalue weighted by Crippen LogP contribution is -2.51. The molecule has 4 rings (SSSR count). The normalized spacial score (nSPS) is 44.7. The minimum Gasteiger partial charge on any atom is -0.390 e. The monoisotopic (exact) mass is 438 g/mol. The Morgan fingerprint density at radius 2 is 1.71 bits per heavy atom. The van der Waals surface area contributed by atoms with Gasteiger partial charge in [0.2, 0.25) is 0 Å². The van der Waals surface area contributed by atoms with Crippen molar-refractivity contribution >= 4 is 0 Å². The Labute approximate surface area is 184 Å². The van der Waals surface area contributed by atoms with Gasteiger partial charge in [-0.3, -0.25) is 0 Å². The van der Waals surface area contributed by atoms with E-state index in [2.05, 4.69) is 26.0 Å². The van der Waals surface area contributed by atoms with Crippen molar-refractivity contribution in [3.63, 3.8) is 0 Å². The van der Waals surface area contributed by atoms with Crippen LogP contribution >= 0.6 is 0 Å². The Kier molecular flexibility index (Phi) is 5.57. The van der Waals surface area contributed by atoms with Crippen LogP contribution < -0.4 is 0 Å². The molecule has 0 amide bonds. The van der Waals surface area contributed by atoms with E-state index in [1.807, 2.05) is 13.8 Å². The van der Waals surface area contributed by atoms with Crippen LogP contribution in [-0.4, -0.2) is 28.1 Å². The van der Waals surface area contributed by atoms with Crippen molar-refractivity contribution in [1.82, 2.24) is 0 Å². The molecule has 2 N–H and O–H groups in total. The number of hydrogen-bond acceptors (Lipinski definition) is 2. The van der Waals surface area contributed by atoms with E-state index < -0.39 is 17.9 Å². The number of alkyl halides is 3. The molecule has 0 aromatic rings. The van der Waals surface area contributed by atoms with E-state index in [0.717, 1.165) is 51.0 Å². The van der Waals surface area contributed by atoms with Crippen LogP contribution in [-0.2, 0) is 0 Å². The number of fused-ring (bicyclic) bond motifs is 5. The Bertz CT molecular complexity index is 808. The van der Waals surface area contributed by atoms with E-state index in [4.69, 9.17) is 0 Å². The van der Waals surface area contributed by atoms with Gasteiger partial charge in [-0.2, -0.15) is 13.2 Å². The zero-order valence-corrected chi connectivity index (χ0v) is 19.2. The molecule has 2 saturated carbocycles. The maximum atomic E-state index is 12.7. The van der Waals surface area contributed by atoms with Crippen LogP contribution in [0.2, 0.25) is 0 Å². The molecule has 2 nitrogen and oxygen atoms in total. The molecule has 31 heavy (non-hydrogen) atoms. The number of rotatable bonds is 3. The number of aliphatic hydroxyl groups is 2. The molecular weight excluding hydrogens is 401 g/mol. The third-order valence-corrected chi connectivity index (χ3v) is 9.43. The predicted octanol–water partition coefficient (Wildman–Crippen LogP) is 6.35. The van der Waals surface area contributed by atoms with Gasteiger partial charge < -0.3 is 10.2 Å². The van der Waals surface area contributed by atoms with Crippen LogP contribution in [0.25, 0.3) is 0 Å². The highest BCUT2D eigenvalue weighted by Gasteiger charge is 2.57. The summed E-state index contributed by atoms with van der Waals surface area (Å²) in [7, 11) is 0. The number of aliphatic hydroxyl groups excluding tert-OH is 1. The minimum atomic E-state index is -4.61. The summed E-state index contributed by atoms with van der Waals surface area (Å²) in [5.41, 5.74) is 2.27. The van der Waals surface area contributed by atoms with Crippen LogP contribution in [0.3, 0.4) is 0 Å². The molecule has 4 aliphatic rings. The molecule has 0 aliphatic heterocycles. The molecule has 6 unspecified atom stereocenters. The standard InChI is InChI=1S/C26H37F3O2/c1-16(5-10-22(30)26(27,28)29)19-8-9-20-18-7-6-17-15-23(2,31)13-14-24(17,3)21(18)11-12-25(19,20)4/h5-6,8,10,16,18,20-22,30-31H,7,9,11-15H2,1-4H3/b10-5+/t16-,18?,20?,21?,22?,23+,24?,25?/m1/s1. The molecule has 8 atom stereocenters. The lowest BCUT2D eigenvalue weighted by atomic mass is 9.46. The van der Waals surface area contributed by atoms with Gasteiger partial charge in [0.25, 0.3) is 0 Å². The predicted molar refractivity (Wildman–Crippen MR) is 116 cm³/mol. The number of allylic oxidation sites excluding steroid dienone is 4. The van der Waals surface area contributed by atoms with Crippen molar-refractivity contribution in [1.29, 1.82) is 0 Å². The maximum absolute atomic E-state index is 12.7. The molecule has 0 radical (unpaired) electrons. The Morgan fingerprint density at radius 1 is 1.00 bits per heavy atom. The zero-order chi connectivity index (χ0) is 22.8. The molecule has 174 valence electrons. The van der Waals surface area contributed by atoms with Gasteiger partial charge in [-0.25, -0.2) is 0 Å². The van der Waals surface area contributed by atoms with Crippen molar-refractivity contribution in [2.45, 2.75) is 90.5 Å². The SMILES string of the molecule is C[C@H](/C=C/C(O)C(F)(F)F)C1=CCC2C3CC=C4C[C@@](C)(O)CCC4(C)C3CCC12C. The van der Waals surface area contributed by atoms with Crippen LogP contribution in [0.4, 0.5) is 13.2 Å². The zero-order valence-electron chi connectivity index (χ0n) is 19.2. The van der Waals surface area contributed by atoms with E-state index in [9.17, 15) is 23.4 Å². The molecule has 0 aromatic carbocycles. The molecule has 5 heteroatoms. The fourth-order valence-corrected chi connectivity index (χ4v) is 7.60. The summed E-state index contributed by atoms with van der Waals surface area (Å²) in [6, 6.07) is 0. The average Bonchev–Trinajstić information content (AvgIpc) is 3.02. The van der Waals surface area contributed by atoms with Gasteiger partial charge in [-0.15, -0.1) is 0 Å². The molecule has 0 spiro atoms. The van der Waals surface area contributed by atoms with Crippen LogP contribution in [0.5, 0.6) is 0 Å². The van der Waals surface area contributed by atoms with Gasteiger partial charge in [0, 0.05) is 0 Å². The van der Waals surface area contributed by atoms with Crippen LogP contribution in [0.1, 0.15) is 72.6 Å². The molecule has 4 aliphatic carbocycles. The first-order valence-corrected chi connectivity index (χ1v) is 11.8. The van der Waals surface area contributed by atoms with Crippen LogP contribution in [0.15, 0.2) is 35.5 Å². The summed E-state index contributed by atoms with van der Waals surface area (Å²) in [4.78, 5) is 0. The highest BCUT2D eigenvalue weighted by molar-refractivity contribution is 5.33. The second-order valence-electron chi connectivity index (χ2n) is 11.4. The average molecular weight is 439 g/mol. The molecule has 0 heterocycles. The minimum absolute atomic E-state index is 0.00989. The van der Waals surface area contributed by atoms with E-state index in [1.165, 1.54) is 17.2 Å². The topological polar surface area (TPSA) is 40.5 Å². The summed E-state index contributed by atoms with van der Waals surface area (Å²) >= 11 is 0. The van der Waals surface area contributed by atoms with E-state index in [1.54, 1.807) is 0 Å². The lowest BCUT2D eigenvalue weighted by Gasteiger charge is -2.58. The van der Waals surface area contributed by atoms with E-state index in [-0.39, 0.29) is 16.7 Å². The molecule has 0 bridgehead atoms. The third kappa shape index (κ3) is 3.84. The van der Waals surface area contributed by atoms with Crippen molar-refractivity contribution in [2.24, 2.45) is 34.5 Å². The summed E-state index contributed by atoms with van der Waals surface area (Å²) in [5, 5.41) is 20.0. The van der Waals surface area contributed by atoms with E-state index in [0.29, 0.717) is 17.8 Å². The quantitative estimate of drug-likeness (QED) is 0.504. The Balaban J connectivity index is 1.54. The smallest absolute Gasteiger partial charge is 0.390 e. The van der Waals surface area contributed by atoms with Gasteiger partial charge in [0.15, 0.2) is 6.10 Å². The van der Waals surface area contributed by atoms with Crippen molar-refractivity contribution in [2.75, 3.05) is 0 Å². The van der Waals surface area contributed by atoms with Gasteiger partial charge in [0.05, 0.1) is 5.60 Å². The lowest BCUT2D eigenvalue weighted by molar-refractivity contribution is -0.187. The molecule has 2 fully saturated rings. The first kappa shape index (κ1) is 23.1. The summed E-state index contributed by atoms with van der Waals surface area (Å²) < 4.78 is 38.1. The summed E-state index contributed by atoms with van der Waals surface area (Å²) in [5.74, 6) is 1.61. The highest BCUT2D eigenvalue weighted by atomic mass is 19.4. The van der Waals surface area contributed by atoms with Gasteiger partial charge >= 0.3 is 6.18 Å². The molecule has 0 aromatic heterocycles. The second-order valence-corrected chi connectivity index (χ2v) is 11.4. The number of hydrogen-bond donors (Lipinski definition) is 2. The fourth-order valence-electron chi connectivity index (χ4n) is 7.60. The fraction of sp³-hybridized carbons (Fsp3) is 0.769. The first-order valence-electron chi connectivity index (χ1n) is 11.8. The van der Waals surface area contributed by atoms with Gasteiger partial charge in [-0.05, 0) is 86.4 Å². The van der Waals surface area contributed by atoms with Crippen LogP contribution in [0, 0.1) is 34.5 Å². The van der Waals surface area contributed by atoms with Gasteiger partial charge in [0.1, 0.15) is 0 Å². The second kappa shape index (κ2) is 7.48. The van der Waals surface area contributed by atoms with Crippen molar-refractivity contribution < 1.29 is 23.4 Å². The summed E-state index contributed by atoms with van der Waals surface area (Å²) in [6.07, 6.45) is 6.98. The van der Waals surface area contributed by atoms with Gasteiger partial charge in [-0.1, -0.05) is 56.2 Å². The first-order chi connectivity index (χ1) is 14.3. The summed E-state index contributed by atoms with van der Waals surface area (Å²) in [6.45, 7) is 8.62. The third-order valence-electron chi connectivity index (χ3n) is 9.43. The molecule has 0 saturated heterocycles. The van der Waals surface area contributed by atoms with E-state index >= 15 is 0 Å². The van der Waals surface area contributed by atoms with Crippen molar-refractivity contribution in [3.05, 3.63) is 35.5 Å². The molecular formula is C26H37F3O2. The highest BCUT2D eigenvalue weighted by Crippen LogP contribution is 2.66.